The fraction of sp³-hybridized carbons (Fsp3) is 0.158. The molecule has 8 heteroatoms. The van der Waals surface area contributed by atoms with Gasteiger partial charge in [-0.15, -0.1) is 11.3 Å². The molecule has 1 unspecified atom stereocenters. The molecule has 0 radical (unpaired) electrons. The highest BCUT2D eigenvalue weighted by atomic mass is 32.1. The average molecular weight is 378 g/mol. The van der Waals surface area contributed by atoms with Crippen LogP contribution in [-0.4, -0.2) is 26.0 Å². The van der Waals surface area contributed by atoms with Crippen molar-refractivity contribution in [2.75, 3.05) is 10.6 Å². The largest absolute Gasteiger partial charge is 0.351 e. The van der Waals surface area contributed by atoms with Crippen LogP contribution in [0.1, 0.15) is 12.5 Å². The Kier molecular flexibility index (Phi) is 4.80. The van der Waals surface area contributed by atoms with Gasteiger partial charge in [-0.25, -0.2) is 9.78 Å². The molecule has 27 heavy (non-hydrogen) atoms. The van der Waals surface area contributed by atoms with E-state index < -0.39 is 5.69 Å². The summed E-state index contributed by atoms with van der Waals surface area (Å²) in [5.41, 5.74) is 4.27. The first-order valence-electron chi connectivity index (χ1n) is 8.55. The smallest absolute Gasteiger partial charge is 0.351 e. The third-order valence-electron chi connectivity index (χ3n) is 4.02. The molecule has 0 bridgehead atoms. The van der Waals surface area contributed by atoms with Crippen molar-refractivity contribution in [2.45, 2.75) is 19.4 Å². The Morgan fingerprint density at radius 3 is 2.81 bits per heavy atom. The third kappa shape index (κ3) is 4.12. The first kappa shape index (κ1) is 17.2. The van der Waals surface area contributed by atoms with Crippen LogP contribution in [0.5, 0.6) is 0 Å². The highest BCUT2D eigenvalue weighted by molar-refractivity contribution is 7.17. The molecule has 4 rings (SSSR count). The van der Waals surface area contributed by atoms with Gasteiger partial charge in [0.15, 0.2) is 0 Å². The molecule has 2 aromatic carbocycles. The Bertz CT molecular complexity index is 1110. The van der Waals surface area contributed by atoms with Gasteiger partial charge in [-0.3, -0.25) is 4.98 Å². The van der Waals surface area contributed by atoms with E-state index in [0.717, 1.165) is 22.3 Å². The number of anilines is 3. The molecular weight excluding hydrogens is 360 g/mol. The van der Waals surface area contributed by atoms with Gasteiger partial charge in [-0.05, 0) is 31.0 Å². The third-order valence-corrected chi connectivity index (χ3v) is 4.90. The van der Waals surface area contributed by atoms with Crippen molar-refractivity contribution in [3.8, 4) is 0 Å². The van der Waals surface area contributed by atoms with Crippen LogP contribution in [0.4, 0.5) is 17.6 Å². The van der Waals surface area contributed by atoms with Crippen molar-refractivity contribution in [1.82, 2.24) is 19.9 Å². The van der Waals surface area contributed by atoms with Crippen LogP contribution in [0.25, 0.3) is 10.2 Å². The monoisotopic (exact) mass is 378 g/mol. The molecule has 1 atom stereocenters. The van der Waals surface area contributed by atoms with Crippen LogP contribution < -0.4 is 16.3 Å². The number of aromatic amines is 1. The summed E-state index contributed by atoms with van der Waals surface area (Å²) in [6, 6.07) is 16.0. The Hall–Kier alpha value is -3.26. The van der Waals surface area contributed by atoms with Crippen LogP contribution in [0.15, 0.2) is 58.8 Å². The molecule has 136 valence electrons. The summed E-state index contributed by atoms with van der Waals surface area (Å²) in [5.74, 6) is 0.631. The Morgan fingerprint density at radius 1 is 1.11 bits per heavy atom. The highest BCUT2D eigenvalue weighted by Crippen LogP contribution is 2.28. The predicted octanol–water partition coefficient (Wildman–Crippen LogP) is 3.56. The second kappa shape index (κ2) is 7.55. The maximum absolute atomic E-state index is 12.0. The molecule has 0 fully saturated rings. The van der Waals surface area contributed by atoms with Gasteiger partial charge in [0.2, 0.25) is 11.9 Å². The van der Waals surface area contributed by atoms with Crippen molar-refractivity contribution in [3.05, 3.63) is 70.1 Å². The number of aromatic nitrogens is 4. The van der Waals surface area contributed by atoms with Gasteiger partial charge >= 0.3 is 5.69 Å². The Balaban J connectivity index is 1.53. The van der Waals surface area contributed by atoms with Crippen molar-refractivity contribution in [1.29, 1.82) is 0 Å². The number of nitrogens with one attached hydrogen (secondary N) is 3. The zero-order valence-corrected chi connectivity index (χ0v) is 15.5. The van der Waals surface area contributed by atoms with Crippen LogP contribution >= 0.6 is 11.3 Å². The quantitative estimate of drug-likeness (QED) is 0.475. The van der Waals surface area contributed by atoms with E-state index in [1.807, 2.05) is 43.3 Å². The number of fused-ring (bicyclic) bond motifs is 1. The van der Waals surface area contributed by atoms with E-state index in [9.17, 15) is 4.79 Å². The zero-order valence-electron chi connectivity index (χ0n) is 14.6. The predicted molar refractivity (Wildman–Crippen MR) is 109 cm³/mol. The van der Waals surface area contributed by atoms with E-state index in [4.69, 9.17) is 0 Å². The summed E-state index contributed by atoms with van der Waals surface area (Å²) >= 11 is 1.53. The van der Waals surface area contributed by atoms with Gasteiger partial charge in [0.1, 0.15) is 0 Å². The summed E-state index contributed by atoms with van der Waals surface area (Å²) in [7, 11) is 0. The van der Waals surface area contributed by atoms with Gasteiger partial charge in [0.25, 0.3) is 0 Å². The molecule has 7 nitrogen and oxygen atoms in total. The summed E-state index contributed by atoms with van der Waals surface area (Å²) in [4.78, 5) is 27.2. The summed E-state index contributed by atoms with van der Waals surface area (Å²) < 4.78 is 1.00. The zero-order chi connectivity index (χ0) is 18.6. The first-order chi connectivity index (χ1) is 13.2. The van der Waals surface area contributed by atoms with Crippen molar-refractivity contribution in [2.24, 2.45) is 0 Å². The van der Waals surface area contributed by atoms with E-state index >= 15 is 0 Å². The minimum atomic E-state index is -0.460. The summed E-state index contributed by atoms with van der Waals surface area (Å²) in [5, 5.41) is 6.36. The fourth-order valence-electron chi connectivity index (χ4n) is 2.86. The maximum Gasteiger partial charge on any atom is 0.351 e. The van der Waals surface area contributed by atoms with Crippen LogP contribution in [0.2, 0.25) is 0 Å². The first-order valence-corrected chi connectivity index (χ1v) is 9.43. The van der Waals surface area contributed by atoms with E-state index in [1.54, 1.807) is 5.51 Å². The van der Waals surface area contributed by atoms with Crippen LogP contribution in [0.3, 0.4) is 0 Å². The van der Waals surface area contributed by atoms with Gasteiger partial charge in [0.05, 0.1) is 21.4 Å². The number of thiazole rings is 1. The molecule has 2 aromatic heterocycles. The van der Waals surface area contributed by atoms with Crippen LogP contribution in [-0.2, 0) is 6.42 Å². The van der Waals surface area contributed by atoms with Gasteiger partial charge in [-0.1, -0.05) is 36.4 Å². The number of hydrogen-bond donors (Lipinski definition) is 3. The average Bonchev–Trinajstić information content (AvgIpc) is 3.12. The molecule has 0 saturated heterocycles. The molecule has 2 heterocycles. The standard InChI is InChI=1S/C19H18N6OS/c1-12(10-13-6-3-2-4-7-13)21-17-23-18(25-19(26)24-17)22-15-9-5-8-14-16(15)27-11-20-14/h2-9,11-12H,10H2,1H3,(H3,21,22,23,24,25,26). The van der Waals surface area contributed by atoms with Crippen molar-refractivity contribution >= 4 is 39.1 Å². The number of hydrogen-bond acceptors (Lipinski definition) is 7. The van der Waals surface area contributed by atoms with Crippen molar-refractivity contribution < 1.29 is 0 Å². The summed E-state index contributed by atoms with van der Waals surface area (Å²) in [6.07, 6.45) is 0.805. The number of nitrogens with zero attached hydrogens (tertiary/aromatic N) is 3. The molecule has 3 N–H and O–H groups in total. The minimum Gasteiger partial charge on any atom is -0.351 e. The van der Waals surface area contributed by atoms with Gasteiger partial charge in [0, 0.05) is 6.04 Å². The Morgan fingerprint density at radius 2 is 1.96 bits per heavy atom. The lowest BCUT2D eigenvalue weighted by molar-refractivity contribution is 0.772. The SMILES string of the molecule is CC(Cc1ccccc1)Nc1nc(Nc2cccc3ncsc23)[nH]c(=O)n1. The maximum atomic E-state index is 12.0. The summed E-state index contributed by atoms with van der Waals surface area (Å²) in [6.45, 7) is 2.03. The van der Waals surface area contributed by atoms with E-state index in [0.29, 0.717) is 11.9 Å². The molecule has 0 saturated carbocycles. The van der Waals surface area contributed by atoms with E-state index in [2.05, 4.69) is 42.7 Å². The molecule has 0 aliphatic rings. The lowest BCUT2D eigenvalue weighted by Crippen LogP contribution is -2.24. The topological polar surface area (TPSA) is 95.6 Å². The highest BCUT2D eigenvalue weighted by Gasteiger charge is 2.10. The molecule has 0 aliphatic carbocycles. The molecule has 0 aliphatic heterocycles. The normalized spacial score (nSPS) is 12.0. The van der Waals surface area contributed by atoms with E-state index in [-0.39, 0.29) is 6.04 Å². The lowest BCUT2D eigenvalue weighted by atomic mass is 10.1. The lowest BCUT2D eigenvalue weighted by Gasteiger charge is -2.14. The van der Waals surface area contributed by atoms with Crippen LogP contribution in [0, 0.1) is 0 Å². The van der Waals surface area contributed by atoms with Crippen molar-refractivity contribution in [3.63, 3.8) is 0 Å². The molecule has 4 aromatic rings. The number of rotatable bonds is 6. The second-order valence-corrected chi connectivity index (χ2v) is 7.05. The number of H-pyrrole nitrogens is 1. The minimum absolute atomic E-state index is 0.0759. The van der Waals surface area contributed by atoms with Gasteiger partial charge < -0.3 is 10.6 Å². The molecule has 0 amide bonds. The van der Waals surface area contributed by atoms with Gasteiger partial charge in [-0.2, -0.15) is 9.97 Å². The van der Waals surface area contributed by atoms with E-state index in [1.165, 1.54) is 16.9 Å². The fourth-order valence-corrected chi connectivity index (χ4v) is 3.62. The second-order valence-electron chi connectivity index (χ2n) is 6.19. The number of benzene rings is 2. The Labute approximate surface area is 159 Å². The molecular formula is C19H18N6OS. The molecule has 0 spiro atoms.